The molecule has 0 atom stereocenters. The van der Waals surface area contributed by atoms with Gasteiger partial charge in [-0.15, -0.1) is 23.2 Å². The molecule has 0 amide bonds. The van der Waals surface area contributed by atoms with Crippen LogP contribution in [0.4, 0.5) is 5.69 Å². The molecule has 2 aromatic rings. The van der Waals surface area contributed by atoms with E-state index in [0.717, 1.165) is 16.8 Å². The van der Waals surface area contributed by atoms with Crippen molar-refractivity contribution in [2.45, 2.75) is 0 Å². The van der Waals surface area contributed by atoms with Crippen LogP contribution >= 0.6 is 46.4 Å². The van der Waals surface area contributed by atoms with Gasteiger partial charge in [0.25, 0.3) is 0 Å². The molecule has 0 saturated heterocycles. The highest BCUT2D eigenvalue weighted by Gasteiger charge is 2.20. The Kier molecular flexibility index (Phi) is 6.54. The minimum Gasteiger partial charge on any atom is -0.506 e. The lowest BCUT2D eigenvalue weighted by Gasteiger charge is -2.23. The molecule has 1 heterocycles. The fraction of sp³-hybridized carbons (Fsp3) is 0.174. The van der Waals surface area contributed by atoms with Crippen LogP contribution in [0.5, 0.6) is 5.75 Å². The number of benzene rings is 3. The molecule has 160 valence electrons. The van der Waals surface area contributed by atoms with Crippen LogP contribution < -0.4 is 10.3 Å². The third-order valence-corrected chi connectivity index (χ3v) is 6.01. The van der Waals surface area contributed by atoms with Gasteiger partial charge in [-0.25, -0.2) is 0 Å². The third-order valence-electron chi connectivity index (χ3n) is 5.07. The van der Waals surface area contributed by atoms with Crippen LogP contribution in [0.15, 0.2) is 57.7 Å². The first-order valence-electron chi connectivity index (χ1n) is 9.49. The molecule has 8 heteroatoms. The van der Waals surface area contributed by atoms with Crippen LogP contribution in [0, 0.1) is 0 Å². The molecule has 0 bridgehead atoms. The van der Waals surface area contributed by atoms with Gasteiger partial charge in [-0.1, -0.05) is 35.3 Å². The maximum Gasteiger partial charge on any atom is 0.200 e. The Labute approximate surface area is 198 Å². The van der Waals surface area contributed by atoms with Gasteiger partial charge in [0, 0.05) is 59.2 Å². The predicted octanol–water partition coefficient (Wildman–Crippen LogP) is 6.86. The highest BCUT2D eigenvalue weighted by molar-refractivity contribution is 6.33. The standard InChI is InChI=1S/C23H17Cl4NO3/c24-5-7-28(8-6-25)14-3-1-13(2-4-14)23-15-9-17(26)19(29)11-21(15)31-22-12-20(30)18(27)10-16(22)23/h1-4,9-12,29H,5-8H2. The fourth-order valence-corrected chi connectivity index (χ4v) is 4.36. The van der Waals surface area contributed by atoms with Crippen LogP contribution in [-0.2, 0) is 0 Å². The smallest absolute Gasteiger partial charge is 0.200 e. The molecule has 4 rings (SSSR count). The van der Waals surface area contributed by atoms with Crippen molar-refractivity contribution in [2.24, 2.45) is 0 Å². The van der Waals surface area contributed by atoms with Crippen molar-refractivity contribution in [1.82, 2.24) is 0 Å². The Morgan fingerprint density at radius 2 is 1.58 bits per heavy atom. The van der Waals surface area contributed by atoms with E-state index >= 15 is 0 Å². The van der Waals surface area contributed by atoms with Crippen LogP contribution in [-0.4, -0.2) is 30.0 Å². The summed E-state index contributed by atoms with van der Waals surface area (Å²) in [6, 6.07) is 13.9. The first-order chi connectivity index (χ1) is 14.9. The first-order valence-corrected chi connectivity index (χ1v) is 11.3. The molecular formula is C23H17Cl4NO3. The molecule has 2 aromatic carbocycles. The SMILES string of the molecule is O=c1cc2oc3cc(O)c(Cl)cc3c(-c3ccc(N(CCCl)CCCl)cc3)c-2cc1Cl. The summed E-state index contributed by atoms with van der Waals surface area (Å²) in [7, 11) is 0. The average molecular weight is 497 g/mol. The number of anilines is 1. The zero-order chi connectivity index (χ0) is 22.1. The van der Waals surface area contributed by atoms with Gasteiger partial charge in [-0.05, 0) is 29.8 Å². The molecule has 1 N–H and O–H groups in total. The lowest BCUT2D eigenvalue weighted by molar-refractivity contribution is 0.474. The van der Waals surface area contributed by atoms with Crippen molar-refractivity contribution in [3.8, 4) is 28.2 Å². The van der Waals surface area contributed by atoms with Gasteiger partial charge < -0.3 is 14.4 Å². The number of aromatic hydroxyl groups is 1. The zero-order valence-electron chi connectivity index (χ0n) is 16.2. The topological polar surface area (TPSA) is 53.7 Å². The van der Waals surface area contributed by atoms with Crippen LogP contribution in [0.25, 0.3) is 33.4 Å². The Balaban J connectivity index is 1.95. The van der Waals surface area contributed by atoms with E-state index in [2.05, 4.69) is 4.90 Å². The van der Waals surface area contributed by atoms with E-state index in [9.17, 15) is 9.90 Å². The fourth-order valence-electron chi connectivity index (χ4n) is 3.62. The molecule has 0 radical (unpaired) electrons. The lowest BCUT2D eigenvalue weighted by Crippen LogP contribution is -2.27. The summed E-state index contributed by atoms with van der Waals surface area (Å²) in [5.41, 5.74) is 3.41. The summed E-state index contributed by atoms with van der Waals surface area (Å²) >= 11 is 24.2. The number of phenolic OH excluding ortho intramolecular Hbond substituents is 1. The van der Waals surface area contributed by atoms with Crippen molar-refractivity contribution in [2.75, 3.05) is 29.7 Å². The van der Waals surface area contributed by atoms with Crippen LogP contribution in [0.3, 0.4) is 0 Å². The maximum absolute atomic E-state index is 12.1. The van der Waals surface area contributed by atoms with E-state index in [1.54, 1.807) is 12.1 Å². The van der Waals surface area contributed by atoms with Crippen molar-refractivity contribution < 1.29 is 9.52 Å². The molecular weight excluding hydrogens is 480 g/mol. The number of phenols is 1. The Morgan fingerprint density at radius 3 is 2.23 bits per heavy atom. The Bertz CT molecular complexity index is 1260. The summed E-state index contributed by atoms with van der Waals surface area (Å²) in [5, 5.41) is 11.0. The van der Waals surface area contributed by atoms with Gasteiger partial charge in [0.2, 0.25) is 5.43 Å². The normalized spacial score (nSPS) is 11.4. The van der Waals surface area contributed by atoms with Crippen LogP contribution in [0.2, 0.25) is 10.0 Å². The van der Waals surface area contributed by atoms with Crippen molar-refractivity contribution in [3.05, 3.63) is 68.8 Å². The van der Waals surface area contributed by atoms with E-state index in [0.29, 0.717) is 47.1 Å². The Morgan fingerprint density at radius 1 is 0.903 bits per heavy atom. The molecule has 0 saturated carbocycles. The van der Waals surface area contributed by atoms with Gasteiger partial charge in [-0.3, -0.25) is 4.79 Å². The molecule has 0 unspecified atom stereocenters. The maximum atomic E-state index is 12.1. The number of nitrogens with zero attached hydrogens (tertiary/aromatic N) is 1. The highest BCUT2D eigenvalue weighted by Crippen LogP contribution is 2.43. The van der Waals surface area contributed by atoms with E-state index in [-0.39, 0.29) is 21.2 Å². The van der Waals surface area contributed by atoms with E-state index in [4.69, 9.17) is 50.8 Å². The van der Waals surface area contributed by atoms with E-state index in [1.807, 2.05) is 24.3 Å². The molecule has 4 nitrogen and oxygen atoms in total. The van der Waals surface area contributed by atoms with Gasteiger partial charge >= 0.3 is 0 Å². The van der Waals surface area contributed by atoms with Gasteiger partial charge in [0.05, 0.1) is 10.0 Å². The lowest BCUT2D eigenvalue weighted by atomic mass is 9.93. The second kappa shape index (κ2) is 9.17. The number of halogens is 4. The summed E-state index contributed by atoms with van der Waals surface area (Å²) < 4.78 is 5.89. The van der Waals surface area contributed by atoms with Gasteiger partial charge in [0.15, 0.2) is 0 Å². The number of alkyl halides is 2. The van der Waals surface area contributed by atoms with Crippen LogP contribution in [0.1, 0.15) is 0 Å². The largest absolute Gasteiger partial charge is 0.506 e. The summed E-state index contributed by atoms with van der Waals surface area (Å²) in [6.45, 7) is 1.36. The van der Waals surface area contributed by atoms with Crippen molar-refractivity contribution >= 4 is 63.1 Å². The predicted molar refractivity (Wildman–Crippen MR) is 130 cm³/mol. The molecule has 1 aliphatic carbocycles. The second-order valence-corrected chi connectivity index (χ2v) is 8.54. The highest BCUT2D eigenvalue weighted by atomic mass is 35.5. The minimum atomic E-state index is -0.338. The Hall–Kier alpha value is -2.11. The van der Waals surface area contributed by atoms with E-state index < -0.39 is 0 Å². The molecule has 0 fully saturated rings. The average Bonchev–Trinajstić information content (AvgIpc) is 2.75. The monoisotopic (exact) mass is 495 g/mol. The molecule has 0 aromatic heterocycles. The molecule has 2 aliphatic rings. The first kappa shape index (κ1) is 22.1. The molecule has 0 spiro atoms. The van der Waals surface area contributed by atoms with E-state index in [1.165, 1.54) is 12.1 Å². The third kappa shape index (κ3) is 4.31. The molecule has 1 aliphatic heterocycles. The van der Waals surface area contributed by atoms with Crippen molar-refractivity contribution in [3.63, 3.8) is 0 Å². The zero-order valence-corrected chi connectivity index (χ0v) is 19.2. The van der Waals surface area contributed by atoms with Gasteiger partial charge in [0.1, 0.15) is 17.1 Å². The number of hydrogen-bond donors (Lipinski definition) is 1. The summed E-state index contributed by atoms with van der Waals surface area (Å²) in [5.74, 6) is 1.25. The number of fused-ring (bicyclic) bond motifs is 2. The number of hydrogen-bond acceptors (Lipinski definition) is 4. The van der Waals surface area contributed by atoms with Crippen molar-refractivity contribution in [1.29, 1.82) is 0 Å². The van der Waals surface area contributed by atoms with Gasteiger partial charge in [-0.2, -0.15) is 0 Å². The summed E-state index contributed by atoms with van der Waals surface area (Å²) in [6.07, 6.45) is 0. The number of rotatable bonds is 6. The minimum absolute atomic E-state index is 0.0974. The quantitative estimate of drug-likeness (QED) is 0.234. The molecule has 31 heavy (non-hydrogen) atoms. The second-order valence-electron chi connectivity index (χ2n) is 6.97. The summed E-state index contributed by atoms with van der Waals surface area (Å²) in [4.78, 5) is 14.2.